The van der Waals surface area contributed by atoms with Gasteiger partial charge in [-0.25, -0.2) is 0 Å². The third-order valence-corrected chi connectivity index (χ3v) is 2.84. The van der Waals surface area contributed by atoms with Gasteiger partial charge < -0.3 is 10.6 Å². The van der Waals surface area contributed by atoms with Crippen LogP contribution in [0.3, 0.4) is 0 Å². The average Bonchev–Trinajstić information content (AvgIpc) is 2.45. The second-order valence-corrected chi connectivity index (χ2v) is 4.00. The first-order valence-electron chi connectivity index (χ1n) is 5.47. The Labute approximate surface area is 85.7 Å². The van der Waals surface area contributed by atoms with Gasteiger partial charge in [0.15, 0.2) is 0 Å². The molecule has 0 unspecified atom stereocenters. The summed E-state index contributed by atoms with van der Waals surface area (Å²) in [7, 11) is 0. The van der Waals surface area contributed by atoms with E-state index in [0.717, 1.165) is 5.69 Å². The molecule has 2 nitrogen and oxygen atoms in total. The van der Waals surface area contributed by atoms with Gasteiger partial charge in [-0.05, 0) is 31.0 Å². The number of rotatable bonds is 1. The van der Waals surface area contributed by atoms with Crippen LogP contribution in [0.1, 0.15) is 25.7 Å². The van der Waals surface area contributed by atoms with E-state index in [1.165, 1.54) is 44.5 Å². The van der Waals surface area contributed by atoms with Crippen molar-refractivity contribution in [2.24, 2.45) is 0 Å². The van der Waals surface area contributed by atoms with Crippen LogP contribution in [-0.4, -0.2) is 13.1 Å². The fraction of sp³-hybridized carbons (Fsp3) is 0.500. The monoisotopic (exact) mass is 190 g/mol. The maximum atomic E-state index is 5.78. The average molecular weight is 190 g/mol. The van der Waals surface area contributed by atoms with Gasteiger partial charge in [0, 0.05) is 24.5 Å². The lowest BCUT2D eigenvalue weighted by Crippen LogP contribution is -2.23. The molecule has 1 aliphatic rings. The Balaban J connectivity index is 2.12. The summed E-state index contributed by atoms with van der Waals surface area (Å²) in [5, 5.41) is 0. The fourth-order valence-electron chi connectivity index (χ4n) is 2.05. The Morgan fingerprint density at radius 2 is 1.71 bits per heavy atom. The minimum atomic E-state index is 0.867. The first-order valence-corrected chi connectivity index (χ1v) is 5.47. The van der Waals surface area contributed by atoms with Gasteiger partial charge in [-0.3, -0.25) is 0 Å². The molecular formula is C12H18N2. The summed E-state index contributed by atoms with van der Waals surface area (Å²) < 4.78 is 0. The van der Waals surface area contributed by atoms with Crippen molar-refractivity contribution in [2.45, 2.75) is 25.7 Å². The highest BCUT2D eigenvalue weighted by molar-refractivity contribution is 5.55. The quantitative estimate of drug-likeness (QED) is 0.690. The Morgan fingerprint density at radius 1 is 1.00 bits per heavy atom. The van der Waals surface area contributed by atoms with Crippen molar-refractivity contribution in [1.29, 1.82) is 0 Å². The summed E-state index contributed by atoms with van der Waals surface area (Å²) in [6, 6.07) is 8.21. The summed E-state index contributed by atoms with van der Waals surface area (Å²) in [6.07, 6.45) is 5.38. The number of benzene rings is 1. The summed E-state index contributed by atoms with van der Waals surface area (Å²) in [4.78, 5) is 2.45. The lowest BCUT2D eigenvalue weighted by atomic mass is 10.2. The maximum absolute atomic E-state index is 5.78. The van der Waals surface area contributed by atoms with Gasteiger partial charge in [-0.15, -0.1) is 0 Å². The Kier molecular flexibility index (Phi) is 2.92. The summed E-state index contributed by atoms with van der Waals surface area (Å²) in [5.74, 6) is 0. The van der Waals surface area contributed by atoms with Crippen molar-refractivity contribution < 1.29 is 0 Å². The molecule has 1 aromatic carbocycles. The molecule has 0 aromatic heterocycles. The standard InChI is InChI=1S/C12H18N2/c13-11-6-5-7-12(10-11)14-8-3-1-2-4-9-14/h5-7,10H,1-4,8-9,13H2. The number of hydrogen-bond donors (Lipinski definition) is 1. The van der Waals surface area contributed by atoms with E-state index in [1.807, 2.05) is 12.1 Å². The normalized spacial score (nSPS) is 17.9. The molecule has 14 heavy (non-hydrogen) atoms. The molecule has 0 bridgehead atoms. The van der Waals surface area contributed by atoms with Crippen LogP contribution >= 0.6 is 0 Å². The number of hydrogen-bond acceptors (Lipinski definition) is 2. The molecule has 0 spiro atoms. The van der Waals surface area contributed by atoms with Crippen molar-refractivity contribution in [3.05, 3.63) is 24.3 Å². The zero-order chi connectivity index (χ0) is 9.80. The van der Waals surface area contributed by atoms with Crippen LogP contribution in [0.25, 0.3) is 0 Å². The SMILES string of the molecule is Nc1cccc(N2CCCCCC2)c1. The van der Waals surface area contributed by atoms with Gasteiger partial charge in [0.05, 0.1) is 0 Å². The van der Waals surface area contributed by atoms with Crippen LogP contribution in [0.2, 0.25) is 0 Å². The molecule has 1 saturated heterocycles. The largest absolute Gasteiger partial charge is 0.399 e. The Morgan fingerprint density at radius 3 is 2.36 bits per heavy atom. The van der Waals surface area contributed by atoms with Crippen LogP contribution in [0.4, 0.5) is 11.4 Å². The van der Waals surface area contributed by atoms with E-state index in [0.29, 0.717) is 0 Å². The molecule has 1 fully saturated rings. The lowest BCUT2D eigenvalue weighted by molar-refractivity contribution is 0.726. The van der Waals surface area contributed by atoms with Crippen molar-refractivity contribution in [3.63, 3.8) is 0 Å². The molecule has 2 rings (SSSR count). The van der Waals surface area contributed by atoms with Crippen molar-refractivity contribution in [3.8, 4) is 0 Å². The molecule has 0 aliphatic carbocycles. The Bertz CT molecular complexity index is 288. The van der Waals surface area contributed by atoms with E-state index in [2.05, 4.69) is 17.0 Å². The summed E-state index contributed by atoms with van der Waals surface area (Å²) >= 11 is 0. The molecule has 0 atom stereocenters. The highest BCUT2D eigenvalue weighted by Gasteiger charge is 2.09. The van der Waals surface area contributed by atoms with Crippen molar-refractivity contribution in [2.75, 3.05) is 23.7 Å². The fourth-order valence-corrected chi connectivity index (χ4v) is 2.05. The van der Waals surface area contributed by atoms with Crippen LogP contribution in [0.5, 0.6) is 0 Å². The number of nitrogen functional groups attached to an aromatic ring is 1. The third kappa shape index (κ3) is 2.19. The van der Waals surface area contributed by atoms with E-state index in [9.17, 15) is 0 Å². The molecule has 1 aliphatic heterocycles. The van der Waals surface area contributed by atoms with E-state index in [1.54, 1.807) is 0 Å². The zero-order valence-corrected chi connectivity index (χ0v) is 8.58. The van der Waals surface area contributed by atoms with Crippen LogP contribution < -0.4 is 10.6 Å². The topological polar surface area (TPSA) is 29.3 Å². The van der Waals surface area contributed by atoms with E-state index in [-0.39, 0.29) is 0 Å². The Hall–Kier alpha value is -1.18. The predicted octanol–water partition coefficient (Wildman–Crippen LogP) is 2.65. The smallest absolute Gasteiger partial charge is 0.0386 e. The number of anilines is 2. The first kappa shape index (κ1) is 9.38. The molecule has 2 N–H and O–H groups in total. The first-order chi connectivity index (χ1) is 6.86. The molecular weight excluding hydrogens is 172 g/mol. The molecule has 2 heteroatoms. The van der Waals surface area contributed by atoms with Gasteiger partial charge in [0.2, 0.25) is 0 Å². The highest BCUT2D eigenvalue weighted by Crippen LogP contribution is 2.21. The lowest BCUT2D eigenvalue weighted by Gasteiger charge is -2.22. The van der Waals surface area contributed by atoms with Gasteiger partial charge in [0.25, 0.3) is 0 Å². The van der Waals surface area contributed by atoms with Crippen LogP contribution in [0.15, 0.2) is 24.3 Å². The van der Waals surface area contributed by atoms with E-state index < -0.39 is 0 Å². The van der Waals surface area contributed by atoms with Gasteiger partial charge in [0.1, 0.15) is 0 Å². The minimum absolute atomic E-state index is 0.867. The minimum Gasteiger partial charge on any atom is -0.399 e. The molecule has 0 amide bonds. The van der Waals surface area contributed by atoms with E-state index >= 15 is 0 Å². The zero-order valence-electron chi connectivity index (χ0n) is 8.58. The van der Waals surface area contributed by atoms with Gasteiger partial charge in [-0.1, -0.05) is 18.9 Å². The molecule has 1 heterocycles. The molecule has 76 valence electrons. The van der Waals surface area contributed by atoms with Crippen molar-refractivity contribution >= 4 is 11.4 Å². The maximum Gasteiger partial charge on any atom is 0.0386 e. The predicted molar refractivity (Wildman–Crippen MR) is 61.5 cm³/mol. The molecule has 0 saturated carbocycles. The van der Waals surface area contributed by atoms with Gasteiger partial charge in [-0.2, -0.15) is 0 Å². The van der Waals surface area contributed by atoms with Crippen molar-refractivity contribution in [1.82, 2.24) is 0 Å². The van der Waals surface area contributed by atoms with Crippen LogP contribution in [0, 0.1) is 0 Å². The number of nitrogens with two attached hydrogens (primary N) is 1. The van der Waals surface area contributed by atoms with Gasteiger partial charge >= 0.3 is 0 Å². The number of nitrogens with zero attached hydrogens (tertiary/aromatic N) is 1. The summed E-state index contributed by atoms with van der Waals surface area (Å²) in [5.41, 5.74) is 7.93. The summed E-state index contributed by atoms with van der Waals surface area (Å²) in [6.45, 7) is 2.37. The molecule has 0 radical (unpaired) electrons. The second kappa shape index (κ2) is 4.36. The second-order valence-electron chi connectivity index (χ2n) is 4.00. The van der Waals surface area contributed by atoms with E-state index in [4.69, 9.17) is 5.73 Å². The highest BCUT2D eigenvalue weighted by atomic mass is 15.1. The molecule has 1 aromatic rings. The third-order valence-electron chi connectivity index (χ3n) is 2.84. The van der Waals surface area contributed by atoms with Crippen LogP contribution in [-0.2, 0) is 0 Å².